The number of nitrogens with zero attached hydrogens (tertiary/aromatic N) is 3. The quantitative estimate of drug-likeness (QED) is 0.718. The number of hydrogen-bond donors (Lipinski definition) is 2. The standard InChI is InChI=1S/C17H19ClN4OS/c18-13-6-4-12(5-7-13)15-10-22-17(20-15)24-16(21-22)19-14-3-1-2-11(14)8-9-23/h4-7,10-11,14,23H,1-3,8-9H2,(H,19,21). The third-order valence-corrected chi connectivity index (χ3v) is 5.76. The van der Waals surface area contributed by atoms with E-state index in [4.69, 9.17) is 11.6 Å². The summed E-state index contributed by atoms with van der Waals surface area (Å²) in [5.74, 6) is 0.538. The molecule has 1 saturated carbocycles. The Kier molecular flexibility index (Phi) is 4.43. The number of hydrogen-bond acceptors (Lipinski definition) is 5. The Balaban J connectivity index is 1.52. The molecule has 2 N–H and O–H groups in total. The van der Waals surface area contributed by atoms with E-state index in [0.29, 0.717) is 12.0 Å². The maximum Gasteiger partial charge on any atom is 0.214 e. The highest BCUT2D eigenvalue weighted by molar-refractivity contribution is 7.20. The maximum absolute atomic E-state index is 9.18. The molecule has 2 aromatic heterocycles. The number of anilines is 1. The first-order valence-electron chi connectivity index (χ1n) is 8.22. The fraction of sp³-hybridized carbons (Fsp3) is 0.412. The number of aliphatic hydroxyl groups excluding tert-OH is 1. The van der Waals surface area contributed by atoms with Crippen molar-refractivity contribution < 1.29 is 5.11 Å². The Morgan fingerprint density at radius 1 is 1.29 bits per heavy atom. The van der Waals surface area contributed by atoms with Gasteiger partial charge in [0, 0.05) is 23.2 Å². The van der Waals surface area contributed by atoms with Crippen LogP contribution in [0, 0.1) is 5.92 Å². The van der Waals surface area contributed by atoms with E-state index in [1.165, 1.54) is 12.8 Å². The summed E-state index contributed by atoms with van der Waals surface area (Å²) < 4.78 is 1.83. The van der Waals surface area contributed by atoms with Crippen LogP contribution in [0.25, 0.3) is 16.2 Å². The predicted molar refractivity (Wildman–Crippen MR) is 97.8 cm³/mol. The molecular formula is C17H19ClN4OS. The van der Waals surface area contributed by atoms with Crippen LogP contribution in [0.1, 0.15) is 25.7 Å². The van der Waals surface area contributed by atoms with E-state index in [2.05, 4.69) is 15.4 Å². The summed E-state index contributed by atoms with van der Waals surface area (Å²) >= 11 is 7.50. The largest absolute Gasteiger partial charge is 0.396 e. The van der Waals surface area contributed by atoms with Crippen molar-refractivity contribution in [3.63, 3.8) is 0 Å². The molecule has 2 atom stereocenters. The molecule has 0 saturated heterocycles. The van der Waals surface area contributed by atoms with E-state index in [1.807, 2.05) is 35.0 Å². The van der Waals surface area contributed by atoms with Gasteiger partial charge in [0.25, 0.3) is 0 Å². The molecule has 24 heavy (non-hydrogen) atoms. The normalized spacial score (nSPS) is 20.8. The number of nitrogens with one attached hydrogen (secondary N) is 1. The van der Waals surface area contributed by atoms with E-state index in [9.17, 15) is 5.11 Å². The van der Waals surface area contributed by atoms with Gasteiger partial charge in [0.2, 0.25) is 10.1 Å². The molecule has 1 aliphatic rings. The minimum atomic E-state index is 0.258. The zero-order valence-electron chi connectivity index (χ0n) is 13.2. The van der Waals surface area contributed by atoms with Crippen LogP contribution >= 0.6 is 22.9 Å². The van der Waals surface area contributed by atoms with Gasteiger partial charge in [-0.15, -0.1) is 5.10 Å². The van der Waals surface area contributed by atoms with Gasteiger partial charge in [0.1, 0.15) is 0 Å². The lowest BCUT2D eigenvalue weighted by molar-refractivity contribution is 0.254. The average molecular weight is 363 g/mol. The number of fused-ring (bicyclic) bond motifs is 1. The van der Waals surface area contributed by atoms with Crippen molar-refractivity contribution in [2.75, 3.05) is 11.9 Å². The Morgan fingerprint density at radius 3 is 2.88 bits per heavy atom. The van der Waals surface area contributed by atoms with E-state index in [0.717, 1.165) is 39.2 Å². The van der Waals surface area contributed by atoms with Gasteiger partial charge < -0.3 is 10.4 Å². The van der Waals surface area contributed by atoms with Crippen molar-refractivity contribution in [1.82, 2.24) is 14.6 Å². The molecule has 4 rings (SSSR count). The topological polar surface area (TPSA) is 62.5 Å². The highest BCUT2D eigenvalue weighted by Gasteiger charge is 2.27. The Bertz CT molecular complexity index is 797. The van der Waals surface area contributed by atoms with Crippen molar-refractivity contribution in [3.05, 3.63) is 35.5 Å². The molecule has 0 radical (unpaired) electrons. The number of benzene rings is 1. The fourth-order valence-corrected chi connectivity index (χ4v) is 4.38. The lowest BCUT2D eigenvalue weighted by Gasteiger charge is -2.19. The van der Waals surface area contributed by atoms with Crippen molar-refractivity contribution in [1.29, 1.82) is 0 Å². The Labute approximate surface area is 149 Å². The van der Waals surface area contributed by atoms with Gasteiger partial charge in [0.05, 0.1) is 11.9 Å². The van der Waals surface area contributed by atoms with Crippen molar-refractivity contribution in [3.8, 4) is 11.3 Å². The predicted octanol–water partition coefficient (Wildman–Crippen LogP) is 4.07. The van der Waals surface area contributed by atoms with E-state index in [-0.39, 0.29) is 6.61 Å². The molecule has 0 spiro atoms. The van der Waals surface area contributed by atoms with Gasteiger partial charge in [-0.3, -0.25) is 0 Å². The summed E-state index contributed by atoms with van der Waals surface area (Å²) in [5.41, 5.74) is 1.93. The summed E-state index contributed by atoms with van der Waals surface area (Å²) in [4.78, 5) is 5.53. The van der Waals surface area contributed by atoms with Crippen LogP contribution in [0.15, 0.2) is 30.5 Å². The smallest absolute Gasteiger partial charge is 0.214 e. The molecule has 0 aliphatic heterocycles. The van der Waals surface area contributed by atoms with Crippen LogP contribution in [0.4, 0.5) is 5.13 Å². The molecule has 126 valence electrons. The lowest BCUT2D eigenvalue weighted by atomic mass is 10.0. The lowest BCUT2D eigenvalue weighted by Crippen LogP contribution is -2.24. The SMILES string of the molecule is OCCC1CCCC1Nc1nn2cc(-c3ccc(Cl)cc3)nc2s1. The molecule has 1 fully saturated rings. The van der Waals surface area contributed by atoms with Crippen LogP contribution in [0.5, 0.6) is 0 Å². The second-order valence-corrected chi connectivity index (χ2v) is 7.61. The van der Waals surface area contributed by atoms with Crippen LogP contribution in [-0.2, 0) is 0 Å². The first-order chi connectivity index (χ1) is 11.7. The molecule has 7 heteroatoms. The molecule has 0 bridgehead atoms. The Morgan fingerprint density at radius 2 is 2.12 bits per heavy atom. The zero-order valence-corrected chi connectivity index (χ0v) is 14.7. The first-order valence-corrected chi connectivity index (χ1v) is 9.42. The highest BCUT2D eigenvalue weighted by atomic mass is 35.5. The van der Waals surface area contributed by atoms with E-state index in [1.54, 1.807) is 11.3 Å². The van der Waals surface area contributed by atoms with Crippen LogP contribution in [-0.4, -0.2) is 32.4 Å². The monoisotopic (exact) mass is 362 g/mol. The summed E-state index contributed by atoms with van der Waals surface area (Å²) in [7, 11) is 0. The molecule has 1 aromatic carbocycles. The minimum Gasteiger partial charge on any atom is -0.396 e. The molecule has 2 heterocycles. The third kappa shape index (κ3) is 3.14. The number of halogens is 1. The maximum atomic E-state index is 9.18. The molecule has 0 amide bonds. The Hall–Kier alpha value is -1.63. The second-order valence-electron chi connectivity index (χ2n) is 6.22. The summed E-state index contributed by atoms with van der Waals surface area (Å²) in [5, 5.41) is 18.9. The summed E-state index contributed by atoms with van der Waals surface area (Å²) in [6, 6.07) is 8.07. The number of aromatic nitrogens is 3. The zero-order chi connectivity index (χ0) is 16.5. The van der Waals surface area contributed by atoms with Gasteiger partial charge in [-0.05, 0) is 37.3 Å². The molecule has 2 unspecified atom stereocenters. The molecule has 3 aromatic rings. The number of rotatable bonds is 5. The van der Waals surface area contributed by atoms with Crippen LogP contribution in [0.2, 0.25) is 5.02 Å². The van der Waals surface area contributed by atoms with Crippen molar-refractivity contribution in [2.45, 2.75) is 31.7 Å². The average Bonchev–Trinajstić information content (AvgIpc) is 3.24. The number of imidazole rings is 1. The van der Waals surface area contributed by atoms with Crippen LogP contribution < -0.4 is 5.32 Å². The van der Waals surface area contributed by atoms with E-state index < -0.39 is 0 Å². The molecular weight excluding hydrogens is 344 g/mol. The fourth-order valence-electron chi connectivity index (χ4n) is 3.42. The summed E-state index contributed by atoms with van der Waals surface area (Å²) in [6.45, 7) is 0.258. The van der Waals surface area contributed by atoms with Gasteiger partial charge >= 0.3 is 0 Å². The van der Waals surface area contributed by atoms with Gasteiger partial charge in [0.15, 0.2) is 0 Å². The van der Waals surface area contributed by atoms with Gasteiger partial charge in [-0.25, -0.2) is 9.50 Å². The van der Waals surface area contributed by atoms with Crippen LogP contribution in [0.3, 0.4) is 0 Å². The second kappa shape index (κ2) is 6.70. The minimum absolute atomic E-state index is 0.258. The number of aliphatic hydroxyl groups is 1. The van der Waals surface area contributed by atoms with Gasteiger partial charge in [-0.2, -0.15) is 0 Å². The third-order valence-electron chi connectivity index (χ3n) is 4.65. The molecule has 5 nitrogen and oxygen atoms in total. The first kappa shape index (κ1) is 15.9. The van der Waals surface area contributed by atoms with Gasteiger partial charge in [-0.1, -0.05) is 41.5 Å². The van der Waals surface area contributed by atoms with Crippen molar-refractivity contribution >= 4 is 33.0 Å². The molecule has 1 aliphatic carbocycles. The van der Waals surface area contributed by atoms with E-state index >= 15 is 0 Å². The highest BCUT2D eigenvalue weighted by Crippen LogP contribution is 2.32. The summed E-state index contributed by atoms with van der Waals surface area (Å²) in [6.07, 6.45) is 6.34. The van der Waals surface area contributed by atoms with Crippen molar-refractivity contribution in [2.24, 2.45) is 5.92 Å².